The highest BCUT2D eigenvalue weighted by molar-refractivity contribution is 6.62. The van der Waals surface area contributed by atoms with Crippen LogP contribution in [-0.4, -0.2) is 48.1 Å². The summed E-state index contributed by atoms with van der Waals surface area (Å²) in [6.45, 7) is 10.2. The van der Waals surface area contributed by atoms with E-state index in [2.05, 4.69) is 0 Å². The lowest BCUT2D eigenvalue weighted by atomic mass is 9.78. The van der Waals surface area contributed by atoms with E-state index >= 15 is 0 Å². The number of hydrogen-bond acceptors (Lipinski definition) is 6. The Labute approximate surface area is 178 Å². The first-order valence-corrected chi connectivity index (χ1v) is 10.4. The summed E-state index contributed by atoms with van der Waals surface area (Å²) in [7, 11) is -1.76. The van der Waals surface area contributed by atoms with Gasteiger partial charge < -0.3 is 24.1 Å². The molecule has 30 heavy (non-hydrogen) atoms. The van der Waals surface area contributed by atoms with Gasteiger partial charge in [-0.2, -0.15) is 0 Å². The lowest BCUT2D eigenvalue weighted by Crippen LogP contribution is -2.41. The van der Waals surface area contributed by atoms with Crippen LogP contribution in [0.1, 0.15) is 51.4 Å². The summed E-state index contributed by atoms with van der Waals surface area (Å²) < 4.78 is 17.6. The quantitative estimate of drug-likeness (QED) is 0.538. The Kier molecular flexibility index (Phi) is 6.63. The van der Waals surface area contributed by atoms with Crippen molar-refractivity contribution in [3.63, 3.8) is 0 Å². The third-order valence-corrected chi connectivity index (χ3v) is 6.08. The van der Waals surface area contributed by atoms with Crippen LogP contribution in [-0.2, 0) is 14.0 Å². The Morgan fingerprint density at radius 3 is 2.30 bits per heavy atom. The maximum absolute atomic E-state index is 12.4. The van der Waals surface area contributed by atoms with Gasteiger partial charge >= 0.3 is 20.2 Å². The molecule has 2 N–H and O–H groups in total. The summed E-state index contributed by atoms with van der Waals surface area (Å²) in [5, 5.41) is 19.9. The Morgan fingerprint density at radius 2 is 1.67 bits per heavy atom. The van der Waals surface area contributed by atoms with E-state index in [0.29, 0.717) is 12.0 Å². The Morgan fingerprint density at radius 1 is 1.07 bits per heavy atom. The third-order valence-electron chi connectivity index (χ3n) is 6.08. The van der Waals surface area contributed by atoms with Crippen LogP contribution < -0.4 is 5.46 Å². The second-order valence-corrected chi connectivity index (χ2v) is 9.16. The summed E-state index contributed by atoms with van der Waals surface area (Å²) in [4.78, 5) is 12.4. The van der Waals surface area contributed by atoms with Gasteiger partial charge in [0.05, 0.1) is 23.4 Å². The summed E-state index contributed by atoms with van der Waals surface area (Å²) in [6.07, 6.45) is 0.840. The summed E-state index contributed by atoms with van der Waals surface area (Å²) >= 11 is 0. The average molecular weight is 412 g/mol. The smallest absolute Gasteiger partial charge is 0.462 e. The van der Waals surface area contributed by atoms with E-state index in [4.69, 9.17) is 24.1 Å². The minimum atomic E-state index is -1.33. The number of fused-ring (bicyclic) bond motifs is 1. The Bertz CT molecular complexity index is 896. The topological polar surface area (TPSA) is 85.2 Å². The molecule has 3 rings (SSSR count). The van der Waals surface area contributed by atoms with Gasteiger partial charge in [-0.15, -0.1) is 0 Å². The molecule has 2 aromatic rings. The maximum atomic E-state index is 12.4. The molecule has 2 aromatic carbocycles. The van der Waals surface area contributed by atoms with Crippen molar-refractivity contribution in [2.45, 2.75) is 58.6 Å². The van der Waals surface area contributed by atoms with Crippen LogP contribution in [0, 0.1) is 5.92 Å². The Balaban J connectivity index is 1.66. The fraction of sp³-hybridized carbons (Fsp3) is 0.500. The SMILES string of the molecule is CC(CCOC(=O)c1ccc2cc(B3OC(C)(C)C(C)(C)O3)ccc2c1)CB(O)O. The van der Waals surface area contributed by atoms with Gasteiger partial charge in [-0.25, -0.2) is 4.79 Å². The molecule has 0 radical (unpaired) electrons. The first kappa shape index (κ1) is 22.8. The normalized spacial score (nSPS) is 18.4. The second kappa shape index (κ2) is 8.71. The van der Waals surface area contributed by atoms with E-state index in [0.717, 1.165) is 16.2 Å². The molecule has 1 aliphatic heterocycles. The lowest BCUT2D eigenvalue weighted by molar-refractivity contribution is 0.00578. The molecule has 0 bridgehead atoms. The first-order chi connectivity index (χ1) is 14.0. The number of carbonyl (C=O) groups is 1. The van der Waals surface area contributed by atoms with Crippen LogP contribution >= 0.6 is 0 Å². The van der Waals surface area contributed by atoms with Crippen molar-refractivity contribution in [3.8, 4) is 0 Å². The highest BCUT2D eigenvalue weighted by Crippen LogP contribution is 2.36. The molecule has 8 heteroatoms. The largest absolute Gasteiger partial charge is 0.494 e. The highest BCUT2D eigenvalue weighted by Gasteiger charge is 2.51. The third kappa shape index (κ3) is 5.06. The molecule has 0 spiro atoms. The van der Waals surface area contributed by atoms with Gasteiger partial charge in [0.2, 0.25) is 0 Å². The average Bonchev–Trinajstić information content (AvgIpc) is 2.87. The van der Waals surface area contributed by atoms with Crippen molar-refractivity contribution in [3.05, 3.63) is 42.0 Å². The minimum absolute atomic E-state index is 0.0582. The van der Waals surface area contributed by atoms with Crippen molar-refractivity contribution in [1.29, 1.82) is 0 Å². The number of rotatable bonds is 7. The molecular weight excluding hydrogens is 382 g/mol. The zero-order valence-electron chi connectivity index (χ0n) is 18.3. The fourth-order valence-electron chi connectivity index (χ4n) is 3.43. The van der Waals surface area contributed by atoms with Gasteiger partial charge in [0, 0.05) is 0 Å². The van der Waals surface area contributed by atoms with Crippen LogP contribution in [0.3, 0.4) is 0 Å². The molecule has 1 atom stereocenters. The Hall–Kier alpha value is -1.86. The van der Waals surface area contributed by atoms with Crippen LogP contribution in [0.5, 0.6) is 0 Å². The maximum Gasteiger partial charge on any atom is 0.494 e. The molecule has 0 amide bonds. The predicted molar refractivity (Wildman–Crippen MR) is 119 cm³/mol. The highest BCUT2D eigenvalue weighted by atomic mass is 16.7. The fourth-order valence-corrected chi connectivity index (χ4v) is 3.43. The van der Waals surface area contributed by atoms with Gasteiger partial charge in [-0.05, 0) is 74.7 Å². The van der Waals surface area contributed by atoms with Crippen LogP contribution in [0.2, 0.25) is 6.32 Å². The molecule has 0 saturated carbocycles. The minimum Gasteiger partial charge on any atom is -0.462 e. The van der Waals surface area contributed by atoms with Gasteiger partial charge in [0.1, 0.15) is 0 Å². The van der Waals surface area contributed by atoms with E-state index < -0.39 is 25.4 Å². The molecule has 1 fully saturated rings. The van der Waals surface area contributed by atoms with E-state index in [1.807, 2.05) is 65.0 Å². The zero-order valence-corrected chi connectivity index (χ0v) is 18.3. The summed E-state index contributed by atoms with van der Waals surface area (Å²) in [5.74, 6) is -0.327. The number of ether oxygens (including phenoxy) is 1. The van der Waals surface area contributed by atoms with Gasteiger partial charge in [0.25, 0.3) is 0 Å². The van der Waals surface area contributed by atoms with Gasteiger partial charge in [-0.3, -0.25) is 0 Å². The number of carbonyl (C=O) groups excluding carboxylic acids is 1. The number of hydrogen-bond donors (Lipinski definition) is 2. The van der Waals surface area contributed by atoms with Crippen LogP contribution in [0.25, 0.3) is 10.8 Å². The molecule has 1 aliphatic rings. The molecule has 160 valence electrons. The second-order valence-electron chi connectivity index (χ2n) is 9.16. The summed E-state index contributed by atoms with van der Waals surface area (Å²) in [5.41, 5.74) is 0.636. The molecule has 1 heterocycles. The molecule has 1 saturated heterocycles. The van der Waals surface area contributed by atoms with Crippen molar-refractivity contribution >= 4 is 36.4 Å². The lowest BCUT2D eigenvalue weighted by Gasteiger charge is -2.32. The first-order valence-electron chi connectivity index (χ1n) is 10.4. The van der Waals surface area contributed by atoms with E-state index in [9.17, 15) is 4.79 Å². The monoisotopic (exact) mass is 412 g/mol. The zero-order chi connectivity index (χ0) is 22.1. The van der Waals surface area contributed by atoms with E-state index in [1.165, 1.54) is 0 Å². The van der Waals surface area contributed by atoms with Crippen LogP contribution in [0.4, 0.5) is 0 Å². The van der Waals surface area contributed by atoms with Crippen molar-refractivity contribution in [2.75, 3.05) is 6.61 Å². The van der Waals surface area contributed by atoms with Crippen molar-refractivity contribution in [2.24, 2.45) is 5.92 Å². The number of esters is 1. The van der Waals surface area contributed by atoms with Gasteiger partial charge in [-0.1, -0.05) is 31.2 Å². The predicted octanol–water partition coefficient (Wildman–Crippen LogP) is 2.79. The molecule has 0 aromatic heterocycles. The molecule has 0 aliphatic carbocycles. The van der Waals surface area contributed by atoms with Crippen molar-refractivity contribution < 1.29 is 28.9 Å². The van der Waals surface area contributed by atoms with Crippen molar-refractivity contribution in [1.82, 2.24) is 0 Å². The number of benzene rings is 2. The van der Waals surface area contributed by atoms with E-state index in [-0.39, 0.29) is 24.8 Å². The standard InChI is InChI=1S/C22H30B2O6/c1-15(14-23(26)27)10-11-28-20(25)18-7-6-17-13-19(9-8-16(17)12-18)24-29-21(2,3)22(4,5)30-24/h6-9,12-13,15,26-27H,10-11,14H2,1-5H3. The van der Waals surface area contributed by atoms with Crippen LogP contribution in [0.15, 0.2) is 36.4 Å². The molecule has 1 unspecified atom stereocenters. The molecule has 6 nitrogen and oxygen atoms in total. The molecular formula is C22H30B2O6. The summed E-state index contributed by atoms with van der Waals surface area (Å²) in [6, 6.07) is 11.4. The van der Waals surface area contributed by atoms with E-state index in [1.54, 1.807) is 6.07 Å². The van der Waals surface area contributed by atoms with Gasteiger partial charge in [0.15, 0.2) is 0 Å².